The van der Waals surface area contributed by atoms with Crippen LogP contribution in [0.4, 0.5) is 0 Å². The first-order valence-corrected chi connectivity index (χ1v) is 2.72. The van der Waals surface area contributed by atoms with Gasteiger partial charge in [-0.15, -0.1) is 0 Å². The minimum absolute atomic E-state index is 0.150. The Kier molecular flexibility index (Phi) is 1.68. The van der Waals surface area contributed by atoms with Gasteiger partial charge in [0.25, 0.3) is 0 Å². The molecule has 1 saturated heterocycles. The zero-order chi connectivity index (χ0) is 6.85. The summed E-state index contributed by atoms with van der Waals surface area (Å²) < 4.78 is 4.68. The van der Waals surface area contributed by atoms with Gasteiger partial charge in [-0.25, -0.2) is 4.79 Å². The molecule has 4 nitrogen and oxygen atoms in total. The van der Waals surface area contributed by atoms with Crippen LogP contribution in [0, 0.1) is 0 Å². The quantitative estimate of drug-likeness (QED) is 0.491. The largest absolute Gasteiger partial charge is 0.479 e. The summed E-state index contributed by atoms with van der Waals surface area (Å²) in [6.45, 7) is 0.150. The van der Waals surface area contributed by atoms with Crippen LogP contribution in [0.15, 0.2) is 0 Å². The summed E-state index contributed by atoms with van der Waals surface area (Å²) in [6, 6.07) is 0. The molecule has 0 aromatic heterocycles. The Morgan fingerprint density at radius 3 is 2.56 bits per heavy atom. The van der Waals surface area contributed by atoms with Crippen LogP contribution >= 0.6 is 0 Å². The third kappa shape index (κ3) is 1.40. The van der Waals surface area contributed by atoms with Gasteiger partial charge < -0.3 is 14.9 Å². The lowest BCUT2D eigenvalue weighted by Gasteiger charge is -1.98. The highest BCUT2D eigenvalue weighted by atomic mass is 16.5. The van der Waals surface area contributed by atoms with E-state index in [-0.39, 0.29) is 13.0 Å². The van der Waals surface area contributed by atoms with Gasteiger partial charge in [0.2, 0.25) is 0 Å². The second kappa shape index (κ2) is 2.33. The maximum atomic E-state index is 10.1. The minimum Gasteiger partial charge on any atom is -0.479 e. The van der Waals surface area contributed by atoms with Crippen molar-refractivity contribution in [2.75, 3.05) is 6.61 Å². The Hall–Kier alpha value is -0.610. The standard InChI is InChI=1S/C5H8O4/c6-3-1-4(5(7)8)9-2-3/h3-4,6H,1-2H2,(H,7,8)/t3-,4+/m0/s1. The third-order valence-corrected chi connectivity index (χ3v) is 1.25. The van der Waals surface area contributed by atoms with E-state index in [2.05, 4.69) is 4.74 Å². The number of carbonyl (C=O) groups is 1. The molecule has 1 aliphatic heterocycles. The SMILES string of the molecule is O=C(O)[C@H]1C[C@H](O)CO1. The fraction of sp³-hybridized carbons (Fsp3) is 0.800. The molecule has 4 heteroatoms. The van der Waals surface area contributed by atoms with Gasteiger partial charge in [0.05, 0.1) is 12.7 Å². The van der Waals surface area contributed by atoms with Crippen molar-refractivity contribution >= 4 is 5.97 Å². The lowest BCUT2D eigenvalue weighted by Crippen LogP contribution is -2.18. The molecule has 0 bridgehead atoms. The molecule has 0 unspecified atom stereocenters. The molecular weight excluding hydrogens is 124 g/mol. The predicted octanol–water partition coefficient (Wildman–Crippen LogP) is -0.779. The van der Waals surface area contributed by atoms with Crippen LogP contribution in [0.2, 0.25) is 0 Å². The summed E-state index contributed by atoms with van der Waals surface area (Å²) >= 11 is 0. The van der Waals surface area contributed by atoms with E-state index in [1.54, 1.807) is 0 Å². The average Bonchev–Trinajstić information content (AvgIpc) is 2.14. The molecule has 0 aliphatic carbocycles. The second-order valence-electron chi connectivity index (χ2n) is 2.05. The van der Waals surface area contributed by atoms with Crippen LogP contribution in [0.1, 0.15) is 6.42 Å². The van der Waals surface area contributed by atoms with Crippen molar-refractivity contribution in [1.29, 1.82) is 0 Å². The lowest BCUT2D eigenvalue weighted by atomic mass is 10.2. The molecule has 0 amide bonds. The van der Waals surface area contributed by atoms with Crippen LogP contribution in [0.25, 0.3) is 0 Å². The van der Waals surface area contributed by atoms with E-state index in [0.29, 0.717) is 0 Å². The summed E-state index contributed by atoms with van der Waals surface area (Å²) in [6.07, 6.45) is -1.17. The summed E-state index contributed by atoms with van der Waals surface area (Å²) in [4.78, 5) is 10.1. The maximum absolute atomic E-state index is 10.1. The Morgan fingerprint density at radius 1 is 1.67 bits per heavy atom. The first-order chi connectivity index (χ1) is 4.20. The van der Waals surface area contributed by atoms with Gasteiger partial charge >= 0.3 is 5.97 Å². The Morgan fingerprint density at radius 2 is 2.33 bits per heavy atom. The molecule has 1 aliphatic rings. The van der Waals surface area contributed by atoms with Crippen molar-refractivity contribution in [3.8, 4) is 0 Å². The number of carboxylic acid groups (broad SMARTS) is 1. The number of aliphatic carboxylic acids is 1. The molecule has 0 aromatic rings. The zero-order valence-corrected chi connectivity index (χ0v) is 4.78. The molecule has 2 atom stereocenters. The number of aliphatic hydroxyl groups excluding tert-OH is 1. The Bertz CT molecular complexity index is 122. The number of ether oxygens (including phenoxy) is 1. The molecule has 0 aromatic carbocycles. The molecule has 2 N–H and O–H groups in total. The van der Waals surface area contributed by atoms with Gasteiger partial charge in [-0.2, -0.15) is 0 Å². The number of rotatable bonds is 1. The first-order valence-electron chi connectivity index (χ1n) is 2.72. The van der Waals surface area contributed by atoms with E-state index < -0.39 is 18.2 Å². The summed E-state index contributed by atoms with van der Waals surface area (Å²) in [5.41, 5.74) is 0. The summed E-state index contributed by atoms with van der Waals surface area (Å²) in [7, 11) is 0. The van der Waals surface area contributed by atoms with E-state index >= 15 is 0 Å². The van der Waals surface area contributed by atoms with Gasteiger partial charge in [-0.05, 0) is 0 Å². The molecule has 0 saturated carbocycles. The van der Waals surface area contributed by atoms with E-state index in [4.69, 9.17) is 10.2 Å². The van der Waals surface area contributed by atoms with Crippen LogP contribution in [-0.2, 0) is 9.53 Å². The topological polar surface area (TPSA) is 66.8 Å². The van der Waals surface area contributed by atoms with Crippen molar-refractivity contribution in [2.24, 2.45) is 0 Å². The number of hydrogen-bond donors (Lipinski definition) is 2. The molecule has 1 fully saturated rings. The lowest BCUT2D eigenvalue weighted by molar-refractivity contribution is -0.147. The van der Waals surface area contributed by atoms with Gasteiger partial charge in [0.15, 0.2) is 6.10 Å². The summed E-state index contributed by atoms with van der Waals surface area (Å²) in [5, 5.41) is 17.1. The van der Waals surface area contributed by atoms with Crippen molar-refractivity contribution in [3.63, 3.8) is 0 Å². The van der Waals surface area contributed by atoms with Crippen molar-refractivity contribution in [2.45, 2.75) is 18.6 Å². The highest BCUT2D eigenvalue weighted by molar-refractivity contribution is 5.72. The van der Waals surface area contributed by atoms with E-state index in [1.165, 1.54) is 0 Å². The summed E-state index contributed by atoms with van der Waals surface area (Å²) in [5.74, 6) is -0.994. The van der Waals surface area contributed by atoms with E-state index in [1.807, 2.05) is 0 Å². The smallest absolute Gasteiger partial charge is 0.332 e. The van der Waals surface area contributed by atoms with Crippen LogP contribution in [-0.4, -0.2) is 35.0 Å². The van der Waals surface area contributed by atoms with Gasteiger partial charge in [-0.1, -0.05) is 0 Å². The van der Waals surface area contributed by atoms with Crippen molar-refractivity contribution < 1.29 is 19.7 Å². The van der Waals surface area contributed by atoms with Crippen LogP contribution in [0.5, 0.6) is 0 Å². The van der Waals surface area contributed by atoms with Crippen molar-refractivity contribution in [1.82, 2.24) is 0 Å². The molecule has 0 radical (unpaired) electrons. The Labute approximate surface area is 52.1 Å². The zero-order valence-electron chi connectivity index (χ0n) is 4.78. The second-order valence-corrected chi connectivity index (χ2v) is 2.05. The third-order valence-electron chi connectivity index (χ3n) is 1.25. The van der Waals surface area contributed by atoms with E-state index in [0.717, 1.165) is 0 Å². The molecule has 1 rings (SSSR count). The first kappa shape index (κ1) is 6.51. The monoisotopic (exact) mass is 132 g/mol. The highest BCUT2D eigenvalue weighted by Crippen LogP contribution is 2.12. The average molecular weight is 132 g/mol. The van der Waals surface area contributed by atoms with Gasteiger partial charge in [0, 0.05) is 6.42 Å². The number of hydrogen-bond acceptors (Lipinski definition) is 3. The maximum Gasteiger partial charge on any atom is 0.332 e. The van der Waals surface area contributed by atoms with Crippen LogP contribution < -0.4 is 0 Å². The molecule has 0 spiro atoms. The normalized spacial score (nSPS) is 34.8. The van der Waals surface area contributed by atoms with Gasteiger partial charge in [0.1, 0.15) is 0 Å². The van der Waals surface area contributed by atoms with Crippen LogP contribution in [0.3, 0.4) is 0 Å². The molecule has 9 heavy (non-hydrogen) atoms. The van der Waals surface area contributed by atoms with Crippen molar-refractivity contribution in [3.05, 3.63) is 0 Å². The fourth-order valence-electron chi connectivity index (χ4n) is 0.783. The Balaban J connectivity index is 2.39. The minimum atomic E-state index is -0.994. The molecule has 1 heterocycles. The molecular formula is C5H8O4. The van der Waals surface area contributed by atoms with E-state index in [9.17, 15) is 4.79 Å². The van der Waals surface area contributed by atoms with Gasteiger partial charge in [-0.3, -0.25) is 0 Å². The highest BCUT2D eigenvalue weighted by Gasteiger charge is 2.28. The number of aliphatic hydroxyl groups is 1. The number of carboxylic acids is 1. The predicted molar refractivity (Wildman–Crippen MR) is 28.0 cm³/mol. The molecule has 52 valence electrons. The fourth-order valence-corrected chi connectivity index (χ4v) is 0.783.